The quantitative estimate of drug-likeness (QED) is 0.178. The van der Waals surface area contributed by atoms with Gasteiger partial charge in [-0.25, -0.2) is 0 Å². The molecule has 0 saturated heterocycles. The van der Waals surface area contributed by atoms with Crippen LogP contribution in [0.2, 0.25) is 0 Å². The van der Waals surface area contributed by atoms with Gasteiger partial charge in [0.15, 0.2) is 0 Å². The molecule has 8 aromatic carbocycles. The molecule has 0 bridgehead atoms. The summed E-state index contributed by atoms with van der Waals surface area (Å²) in [4.78, 5) is 2.31. The average molecular weight is 653 g/mol. The minimum atomic E-state index is 0.869. The van der Waals surface area contributed by atoms with Crippen LogP contribution in [0.25, 0.3) is 71.7 Å². The molecule has 51 heavy (non-hydrogen) atoms. The number of hydrogen-bond donors (Lipinski definition) is 0. The van der Waals surface area contributed by atoms with Crippen LogP contribution in [0, 0.1) is 0 Å². The Kier molecular flexibility index (Phi) is 6.81. The van der Waals surface area contributed by atoms with E-state index in [0.717, 1.165) is 61.3 Å². The number of aromatic nitrogens is 1. The molecule has 2 heterocycles. The van der Waals surface area contributed by atoms with Gasteiger partial charge in [0.1, 0.15) is 11.2 Å². The molecular weight excluding hydrogens is 621 g/mol. The van der Waals surface area contributed by atoms with E-state index in [1.54, 1.807) is 0 Å². The summed E-state index contributed by atoms with van der Waals surface area (Å²) in [5.74, 6) is 0. The highest BCUT2D eigenvalue weighted by Gasteiger charge is 2.20. The first-order valence-corrected chi connectivity index (χ1v) is 17.4. The molecule has 10 aromatic rings. The maximum Gasteiger partial charge on any atom is 0.138 e. The highest BCUT2D eigenvalue weighted by atomic mass is 16.3. The molecule has 0 aliphatic rings. The van der Waals surface area contributed by atoms with Crippen LogP contribution in [0.3, 0.4) is 0 Å². The number of nitrogens with zero attached hydrogens (tertiary/aromatic N) is 2. The lowest BCUT2D eigenvalue weighted by atomic mass is 10.0. The topological polar surface area (TPSA) is 21.3 Å². The van der Waals surface area contributed by atoms with Gasteiger partial charge in [0.2, 0.25) is 0 Å². The minimum Gasteiger partial charge on any atom is -0.456 e. The number of rotatable bonds is 6. The van der Waals surface area contributed by atoms with Gasteiger partial charge in [-0.3, -0.25) is 0 Å². The summed E-state index contributed by atoms with van der Waals surface area (Å²) in [5, 5.41) is 4.65. The van der Waals surface area contributed by atoms with Crippen molar-refractivity contribution in [2.75, 3.05) is 4.90 Å². The van der Waals surface area contributed by atoms with Crippen LogP contribution in [0.15, 0.2) is 199 Å². The van der Waals surface area contributed by atoms with Gasteiger partial charge < -0.3 is 13.9 Å². The van der Waals surface area contributed by atoms with Crippen molar-refractivity contribution in [3.63, 3.8) is 0 Å². The van der Waals surface area contributed by atoms with Crippen LogP contribution in [-0.2, 0) is 0 Å². The van der Waals surface area contributed by atoms with Crippen molar-refractivity contribution in [3.05, 3.63) is 194 Å². The Bertz CT molecular complexity index is 2820. The second-order valence-corrected chi connectivity index (χ2v) is 13.0. The molecule has 0 saturated carbocycles. The maximum absolute atomic E-state index is 6.83. The molecule has 3 heteroatoms. The van der Waals surface area contributed by atoms with Crippen LogP contribution in [-0.4, -0.2) is 4.57 Å². The number of hydrogen-bond acceptors (Lipinski definition) is 2. The van der Waals surface area contributed by atoms with E-state index in [1.165, 1.54) is 27.4 Å². The third kappa shape index (κ3) is 4.90. The molecule has 0 amide bonds. The van der Waals surface area contributed by atoms with Gasteiger partial charge in [0.05, 0.1) is 16.4 Å². The van der Waals surface area contributed by atoms with E-state index in [9.17, 15) is 0 Å². The van der Waals surface area contributed by atoms with Gasteiger partial charge in [-0.1, -0.05) is 121 Å². The van der Waals surface area contributed by atoms with E-state index in [-0.39, 0.29) is 0 Å². The number of fused-ring (bicyclic) bond motifs is 2. The standard InChI is InChI=1S/C48H32N2O/c1-4-13-33(14-5-1)34-23-27-39(28-24-34)49(37-15-6-2-7-16-37)40-29-25-35(26-30-40)36-31-44-48-46(32-36)51-45-22-11-10-19-41(45)42-20-12-21-43(47(42)48)50(44)38-17-8-3-9-18-38/h1-32H. The molecule has 3 nitrogen and oxygen atoms in total. The molecule has 0 spiro atoms. The summed E-state index contributed by atoms with van der Waals surface area (Å²) in [6, 6.07) is 68.9. The van der Waals surface area contributed by atoms with Gasteiger partial charge in [-0.15, -0.1) is 0 Å². The predicted molar refractivity (Wildman–Crippen MR) is 214 cm³/mol. The molecule has 240 valence electrons. The molecular formula is C48H32N2O. The highest BCUT2D eigenvalue weighted by molar-refractivity contribution is 6.27. The fourth-order valence-electron chi connectivity index (χ4n) is 7.63. The molecule has 0 N–H and O–H groups in total. The molecule has 0 unspecified atom stereocenters. The molecule has 2 aromatic heterocycles. The summed E-state index contributed by atoms with van der Waals surface area (Å²) >= 11 is 0. The van der Waals surface area contributed by atoms with E-state index >= 15 is 0 Å². The summed E-state index contributed by atoms with van der Waals surface area (Å²) < 4.78 is 9.21. The fourth-order valence-corrected chi connectivity index (χ4v) is 7.63. The summed E-state index contributed by atoms with van der Waals surface area (Å²) in [6.45, 7) is 0. The number of para-hydroxylation sites is 3. The monoisotopic (exact) mass is 652 g/mol. The minimum absolute atomic E-state index is 0.869. The van der Waals surface area contributed by atoms with Gasteiger partial charge in [0.25, 0.3) is 0 Å². The Morgan fingerprint density at radius 2 is 0.902 bits per heavy atom. The van der Waals surface area contributed by atoms with Gasteiger partial charge >= 0.3 is 0 Å². The van der Waals surface area contributed by atoms with E-state index in [0.29, 0.717) is 0 Å². The Balaban J connectivity index is 1.14. The fraction of sp³-hybridized carbons (Fsp3) is 0. The lowest BCUT2D eigenvalue weighted by Gasteiger charge is -2.26. The number of benzene rings is 8. The van der Waals surface area contributed by atoms with Crippen LogP contribution >= 0.6 is 0 Å². The predicted octanol–water partition coefficient (Wildman–Crippen LogP) is 13.5. The van der Waals surface area contributed by atoms with Crippen molar-refractivity contribution in [3.8, 4) is 27.9 Å². The smallest absolute Gasteiger partial charge is 0.138 e. The lowest BCUT2D eigenvalue weighted by molar-refractivity contribution is 0.664. The normalized spacial score (nSPS) is 11.5. The molecule has 0 aliphatic heterocycles. The van der Waals surface area contributed by atoms with Crippen LogP contribution < -0.4 is 4.90 Å². The van der Waals surface area contributed by atoms with Crippen molar-refractivity contribution in [1.82, 2.24) is 4.57 Å². The SMILES string of the molecule is c1ccc(-c2ccc(N(c3ccccc3)c3ccc(-c4cc5oc6ccccc6c6cccc7c6c5c(c4)n7-c4ccccc4)cc3)cc2)cc1. The van der Waals surface area contributed by atoms with Crippen LogP contribution in [0.5, 0.6) is 0 Å². The van der Waals surface area contributed by atoms with Gasteiger partial charge in [-0.05, 0) is 100 Å². The third-order valence-corrected chi connectivity index (χ3v) is 9.97. The maximum atomic E-state index is 6.83. The van der Waals surface area contributed by atoms with E-state index < -0.39 is 0 Å². The summed E-state index contributed by atoms with van der Waals surface area (Å²) in [5.41, 5.74) is 13.1. The zero-order chi connectivity index (χ0) is 33.7. The number of anilines is 3. The molecule has 0 fully saturated rings. The highest BCUT2D eigenvalue weighted by Crippen LogP contribution is 2.43. The Morgan fingerprint density at radius 3 is 1.61 bits per heavy atom. The lowest BCUT2D eigenvalue weighted by Crippen LogP contribution is -2.09. The van der Waals surface area contributed by atoms with Crippen molar-refractivity contribution in [1.29, 1.82) is 0 Å². The molecule has 10 rings (SSSR count). The molecule has 0 atom stereocenters. The van der Waals surface area contributed by atoms with Crippen molar-refractivity contribution < 1.29 is 4.42 Å². The zero-order valence-electron chi connectivity index (χ0n) is 27.8. The van der Waals surface area contributed by atoms with Gasteiger partial charge in [-0.2, -0.15) is 0 Å². The Labute approximate surface area is 295 Å². The second kappa shape index (κ2) is 11.9. The molecule has 0 aliphatic carbocycles. The first kappa shape index (κ1) is 29.1. The van der Waals surface area contributed by atoms with Crippen molar-refractivity contribution in [2.24, 2.45) is 0 Å². The Morgan fingerprint density at radius 1 is 0.353 bits per heavy atom. The first-order valence-electron chi connectivity index (χ1n) is 17.4. The van der Waals surface area contributed by atoms with Crippen LogP contribution in [0.4, 0.5) is 17.1 Å². The van der Waals surface area contributed by atoms with Gasteiger partial charge in [0, 0.05) is 33.5 Å². The molecule has 0 radical (unpaired) electrons. The summed E-state index contributed by atoms with van der Waals surface area (Å²) in [7, 11) is 0. The zero-order valence-corrected chi connectivity index (χ0v) is 27.8. The van der Waals surface area contributed by atoms with E-state index in [4.69, 9.17) is 4.42 Å². The largest absolute Gasteiger partial charge is 0.456 e. The first-order chi connectivity index (χ1) is 25.3. The van der Waals surface area contributed by atoms with E-state index in [2.05, 4.69) is 198 Å². The average Bonchev–Trinajstić information content (AvgIpc) is 3.46. The third-order valence-electron chi connectivity index (χ3n) is 9.97. The second-order valence-electron chi connectivity index (χ2n) is 13.0. The van der Waals surface area contributed by atoms with Crippen molar-refractivity contribution in [2.45, 2.75) is 0 Å². The van der Waals surface area contributed by atoms with Crippen molar-refractivity contribution >= 4 is 60.8 Å². The van der Waals surface area contributed by atoms with Crippen LogP contribution in [0.1, 0.15) is 0 Å². The summed E-state index contributed by atoms with van der Waals surface area (Å²) in [6.07, 6.45) is 0. The van der Waals surface area contributed by atoms with E-state index in [1.807, 2.05) is 6.07 Å². The Hall–Kier alpha value is -6.84.